The lowest BCUT2D eigenvalue weighted by molar-refractivity contribution is 0.0728. The van der Waals surface area contributed by atoms with Gasteiger partial charge >= 0.3 is 0 Å². The number of amides is 2. The molecule has 0 bridgehead atoms. The van der Waals surface area contributed by atoms with Crippen LogP contribution < -0.4 is 5.32 Å². The zero-order valence-electron chi connectivity index (χ0n) is 15.1. The molecule has 0 saturated heterocycles. The molecule has 4 rings (SSSR count). The molecule has 1 aliphatic rings. The van der Waals surface area contributed by atoms with Crippen molar-refractivity contribution in [1.29, 1.82) is 0 Å². The van der Waals surface area contributed by atoms with Crippen molar-refractivity contribution in [2.24, 2.45) is 0 Å². The summed E-state index contributed by atoms with van der Waals surface area (Å²) in [5.41, 5.74) is 3.50. The molecule has 6 heteroatoms. The Morgan fingerprint density at radius 1 is 0.893 bits per heavy atom. The number of anilines is 1. The quantitative estimate of drug-likeness (QED) is 0.728. The summed E-state index contributed by atoms with van der Waals surface area (Å²) < 4.78 is 0. The first-order valence-electron chi connectivity index (χ1n) is 9.00. The first-order valence-corrected chi connectivity index (χ1v) is 9.38. The van der Waals surface area contributed by atoms with E-state index in [2.05, 4.69) is 16.4 Å². The molecule has 1 N–H and O–H groups in total. The average molecular weight is 392 g/mol. The van der Waals surface area contributed by atoms with Gasteiger partial charge in [-0.2, -0.15) is 0 Å². The fourth-order valence-electron chi connectivity index (χ4n) is 3.24. The van der Waals surface area contributed by atoms with E-state index in [1.165, 1.54) is 5.56 Å². The topological polar surface area (TPSA) is 62.3 Å². The van der Waals surface area contributed by atoms with Crippen LogP contribution in [0.1, 0.15) is 32.1 Å². The van der Waals surface area contributed by atoms with Crippen molar-refractivity contribution in [3.05, 3.63) is 94.3 Å². The minimum absolute atomic E-state index is 0.171. The largest absolute Gasteiger partial charge is 0.333 e. The Labute approximate surface area is 168 Å². The molecule has 1 aromatic heterocycles. The second-order valence-electron chi connectivity index (χ2n) is 6.61. The van der Waals surface area contributed by atoms with E-state index in [4.69, 9.17) is 11.6 Å². The van der Waals surface area contributed by atoms with Crippen molar-refractivity contribution in [3.63, 3.8) is 0 Å². The monoisotopic (exact) mass is 391 g/mol. The molecule has 0 aliphatic carbocycles. The number of pyridine rings is 1. The Kier molecular flexibility index (Phi) is 5.08. The van der Waals surface area contributed by atoms with Crippen LogP contribution in [0.4, 0.5) is 5.69 Å². The van der Waals surface area contributed by atoms with Gasteiger partial charge in [-0.3, -0.25) is 9.59 Å². The number of aromatic nitrogens is 1. The Hall–Kier alpha value is -3.18. The third-order valence-electron chi connectivity index (χ3n) is 4.72. The van der Waals surface area contributed by atoms with Crippen LogP contribution in [0.25, 0.3) is 0 Å². The fraction of sp³-hybridized carbons (Fsp3) is 0.136. The summed E-state index contributed by atoms with van der Waals surface area (Å²) in [6.07, 6.45) is 0.818. The SMILES string of the molecule is O=C(Nc1ccc(Cl)cc1)c1cccc(C(=O)N2CCc3ccccc3C2)n1. The molecule has 0 saturated carbocycles. The highest BCUT2D eigenvalue weighted by Crippen LogP contribution is 2.20. The lowest BCUT2D eigenvalue weighted by atomic mass is 10.00. The number of hydrogen-bond donors (Lipinski definition) is 1. The van der Waals surface area contributed by atoms with Crippen LogP contribution in [-0.2, 0) is 13.0 Å². The lowest BCUT2D eigenvalue weighted by Gasteiger charge is -2.28. The summed E-state index contributed by atoms with van der Waals surface area (Å²) in [5.74, 6) is -0.545. The van der Waals surface area contributed by atoms with Crippen molar-refractivity contribution in [1.82, 2.24) is 9.88 Å². The van der Waals surface area contributed by atoms with Crippen molar-refractivity contribution in [2.75, 3.05) is 11.9 Å². The molecule has 140 valence electrons. The molecule has 1 aliphatic heterocycles. The smallest absolute Gasteiger partial charge is 0.274 e. The molecule has 3 aromatic rings. The van der Waals surface area contributed by atoms with Gasteiger partial charge in [-0.05, 0) is 53.9 Å². The van der Waals surface area contributed by atoms with E-state index < -0.39 is 0 Å². The molecule has 0 fully saturated rings. The molecular weight excluding hydrogens is 374 g/mol. The van der Waals surface area contributed by atoms with Crippen LogP contribution in [-0.4, -0.2) is 28.2 Å². The number of carbonyl (C=O) groups is 2. The van der Waals surface area contributed by atoms with Crippen molar-refractivity contribution in [3.8, 4) is 0 Å². The van der Waals surface area contributed by atoms with E-state index in [9.17, 15) is 9.59 Å². The molecule has 0 atom stereocenters. The van der Waals surface area contributed by atoms with Crippen LogP contribution >= 0.6 is 11.6 Å². The van der Waals surface area contributed by atoms with Crippen LogP contribution in [0.15, 0.2) is 66.7 Å². The number of nitrogens with zero attached hydrogens (tertiary/aromatic N) is 2. The number of carbonyl (C=O) groups excluding carboxylic acids is 2. The third kappa shape index (κ3) is 3.89. The number of fused-ring (bicyclic) bond motifs is 1. The first kappa shape index (κ1) is 18.2. The zero-order chi connectivity index (χ0) is 19.5. The van der Waals surface area contributed by atoms with Gasteiger partial charge in [-0.15, -0.1) is 0 Å². The van der Waals surface area contributed by atoms with Gasteiger partial charge in [0.25, 0.3) is 11.8 Å². The number of benzene rings is 2. The molecular formula is C22H18ClN3O2. The van der Waals surface area contributed by atoms with E-state index in [1.807, 2.05) is 18.2 Å². The number of hydrogen-bond acceptors (Lipinski definition) is 3. The molecule has 2 heterocycles. The second-order valence-corrected chi connectivity index (χ2v) is 7.05. The minimum atomic E-state index is -0.374. The van der Waals surface area contributed by atoms with Gasteiger partial charge in [0, 0.05) is 23.8 Å². The molecule has 28 heavy (non-hydrogen) atoms. The van der Waals surface area contributed by atoms with Gasteiger partial charge < -0.3 is 10.2 Å². The molecule has 5 nitrogen and oxygen atoms in total. The van der Waals surface area contributed by atoms with E-state index in [-0.39, 0.29) is 23.2 Å². The molecule has 2 aromatic carbocycles. The lowest BCUT2D eigenvalue weighted by Crippen LogP contribution is -2.36. The first-order chi connectivity index (χ1) is 13.6. The average Bonchev–Trinajstić information content (AvgIpc) is 2.74. The van der Waals surface area contributed by atoms with Crippen molar-refractivity contribution in [2.45, 2.75) is 13.0 Å². The summed E-state index contributed by atoms with van der Waals surface area (Å²) in [5, 5.41) is 3.35. The molecule has 0 spiro atoms. The highest BCUT2D eigenvalue weighted by atomic mass is 35.5. The van der Waals surface area contributed by atoms with Crippen LogP contribution in [0.3, 0.4) is 0 Å². The Morgan fingerprint density at radius 2 is 1.61 bits per heavy atom. The molecule has 0 radical (unpaired) electrons. The summed E-state index contributed by atoms with van der Waals surface area (Å²) in [7, 11) is 0. The Morgan fingerprint density at radius 3 is 2.39 bits per heavy atom. The summed E-state index contributed by atoms with van der Waals surface area (Å²) in [6.45, 7) is 1.19. The number of halogens is 1. The predicted molar refractivity (Wildman–Crippen MR) is 109 cm³/mol. The highest BCUT2D eigenvalue weighted by Gasteiger charge is 2.23. The Bertz CT molecular complexity index is 1030. The maximum atomic E-state index is 12.9. The van der Waals surface area contributed by atoms with Crippen LogP contribution in [0.5, 0.6) is 0 Å². The van der Waals surface area contributed by atoms with Gasteiger partial charge in [0.05, 0.1) is 0 Å². The summed E-state index contributed by atoms with van der Waals surface area (Å²) >= 11 is 5.86. The van der Waals surface area contributed by atoms with Gasteiger partial charge in [0.2, 0.25) is 0 Å². The van der Waals surface area contributed by atoms with Gasteiger partial charge in [0.15, 0.2) is 0 Å². The van der Waals surface area contributed by atoms with Crippen molar-refractivity contribution >= 4 is 29.1 Å². The van der Waals surface area contributed by atoms with Crippen molar-refractivity contribution < 1.29 is 9.59 Å². The van der Waals surface area contributed by atoms with Gasteiger partial charge in [-0.25, -0.2) is 4.98 Å². The summed E-state index contributed by atoms with van der Waals surface area (Å²) in [4.78, 5) is 31.4. The van der Waals surface area contributed by atoms with E-state index in [1.54, 1.807) is 47.4 Å². The normalized spacial score (nSPS) is 13.0. The summed E-state index contributed by atoms with van der Waals surface area (Å²) in [6, 6.07) is 19.8. The van der Waals surface area contributed by atoms with Gasteiger partial charge in [0.1, 0.15) is 11.4 Å². The third-order valence-corrected chi connectivity index (χ3v) is 4.97. The second kappa shape index (κ2) is 7.82. The number of nitrogens with one attached hydrogen (secondary N) is 1. The van der Waals surface area contributed by atoms with E-state index in [0.29, 0.717) is 23.8 Å². The molecule has 2 amide bonds. The maximum Gasteiger partial charge on any atom is 0.274 e. The minimum Gasteiger partial charge on any atom is -0.333 e. The van der Waals surface area contributed by atoms with E-state index >= 15 is 0 Å². The highest BCUT2D eigenvalue weighted by molar-refractivity contribution is 6.30. The standard InChI is InChI=1S/C22H18ClN3O2/c23-17-8-10-18(11-9-17)24-21(27)19-6-3-7-20(25-19)22(28)26-13-12-15-4-1-2-5-16(15)14-26/h1-11H,12-14H2,(H,24,27). The predicted octanol–water partition coefficient (Wildman–Crippen LogP) is 4.19. The van der Waals surface area contributed by atoms with Crippen LogP contribution in [0.2, 0.25) is 5.02 Å². The Balaban J connectivity index is 1.49. The number of rotatable bonds is 3. The van der Waals surface area contributed by atoms with E-state index in [0.717, 1.165) is 12.0 Å². The maximum absolute atomic E-state index is 12.9. The van der Waals surface area contributed by atoms with Crippen LogP contribution in [0, 0.1) is 0 Å². The molecule has 0 unspecified atom stereocenters. The van der Waals surface area contributed by atoms with Gasteiger partial charge in [-0.1, -0.05) is 41.9 Å². The zero-order valence-corrected chi connectivity index (χ0v) is 15.8. The fourth-order valence-corrected chi connectivity index (χ4v) is 3.37.